The number of aliphatic hydroxyl groups excluding tert-OH is 2. The molecule has 0 bridgehead atoms. The van der Waals surface area contributed by atoms with Gasteiger partial charge >= 0.3 is 7.82 Å². The minimum atomic E-state index is -4.49. The summed E-state index contributed by atoms with van der Waals surface area (Å²) in [5.74, 6) is -1.43. The highest BCUT2D eigenvalue weighted by Crippen LogP contribution is 2.54. The van der Waals surface area contributed by atoms with Crippen molar-refractivity contribution in [3.05, 3.63) is 24.3 Å². The van der Waals surface area contributed by atoms with Crippen molar-refractivity contribution in [2.24, 2.45) is 5.73 Å². The van der Waals surface area contributed by atoms with Crippen molar-refractivity contribution in [3.8, 4) is 0 Å². The Kier molecular flexibility index (Phi) is 35.6. The van der Waals surface area contributed by atoms with Crippen molar-refractivity contribution in [3.63, 3.8) is 0 Å². The topological polar surface area (TPSA) is 145 Å². The van der Waals surface area contributed by atoms with E-state index in [1.165, 1.54) is 77.0 Å². The average Bonchev–Trinajstić information content (AvgIpc) is 3.15. The highest BCUT2D eigenvalue weighted by Gasteiger charge is 2.56. The molecule has 0 fully saturated rings. The van der Waals surface area contributed by atoms with Gasteiger partial charge in [0.05, 0.1) is 19.8 Å². The molecule has 0 rings (SSSR count). The Morgan fingerprint density at radius 2 is 0.962 bits per heavy atom. The van der Waals surface area contributed by atoms with Crippen LogP contribution in [0.3, 0.4) is 0 Å². The summed E-state index contributed by atoms with van der Waals surface area (Å²) < 4.78 is 29.9. The molecule has 0 aromatic heterocycles. The molecule has 53 heavy (non-hydrogen) atoms. The fourth-order valence-electron chi connectivity index (χ4n) is 6.49. The van der Waals surface area contributed by atoms with Gasteiger partial charge in [-0.1, -0.05) is 141 Å². The van der Waals surface area contributed by atoms with Crippen molar-refractivity contribution < 1.29 is 37.9 Å². The summed E-state index contributed by atoms with van der Waals surface area (Å²) in [4.78, 5) is 27.7. The second-order valence-corrected chi connectivity index (χ2v) is 16.1. The lowest BCUT2D eigenvalue weighted by molar-refractivity contribution is -0.165. The monoisotopic (exact) mass is 772 g/mol. The van der Waals surface area contributed by atoms with Crippen LogP contribution in [0.4, 0.5) is 0 Å². The molecule has 0 aliphatic rings. The summed E-state index contributed by atoms with van der Waals surface area (Å²) in [6, 6.07) is 0. The Morgan fingerprint density at radius 1 is 0.604 bits per heavy atom. The zero-order valence-electron chi connectivity index (χ0n) is 34.4. The van der Waals surface area contributed by atoms with E-state index in [9.17, 15) is 24.4 Å². The van der Waals surface area contributed by atoms with E-state index in [0.717, 1.165) is 77.0 Å². The Morgan fingerprint density at radius 3 is 1.30 bits per heavy atom. The first-order chi connectivity index (χ1) is 25.8. The van der Waals surface area contributed by atoms with Crippen LogP contribution in [0, 0.1) is 0 Å². The van der Waals surface area contributed by atoms with Gasteiger partial charge in [-0.2, -0.15) is 0 Å². The Hall–Kier alpha value is -1.19. The highest BCUT2D eigenvalue weighted by atomic mass is 31.2. The van der Waals surface area contributed by atoms with E-state index in [1.807, 2.05) is 0 Å². The zero-order valence-corrected chi connectivity index (χ0v) is 35.3. The van der Waals surface area contributed by atoms with Gasteiger partial charge in [0.2, 0.25) is 5.60 Å². The van der Waals surface area contributed by atoms with Crippen molar-refractivity contribution in [1.82, 2.24) is 0 Å². The van der Waals surface area contributed by atoms with E-state index in [2.05, 4.69) is 38.2 Å². The maximum atomic E-state index is 13.9. The van der Waals surface area contributed by atoms with Gasteiger partial charge in [-0.3, -0.25) is 23.2 Å². The molecule has 0 aromatic rings. The van der Waals surface area contributed by atoms with Gasteiger partial charge < -0.3 is 15.9 Å². The fourth-order valence-corrected chi connectivity index (χ4v) is 7.99. The Labute approximate surface area is 325 Å². The number of phosphoric ester groups is 1. The zero-order chi connectivity index (χ0) is 39.3. The van der Waals surface area contributed by atoms with E-state index in [0.29, 0.717) is 12.8 Å². The largest absolute Gasteiger partial charge is 0.476 e. The van der Waals surface area contributed by atoms with Crippen LogP contribution in [0.1, 0.15) is 201 Å². The number of hydrogen-bond donors (Lipinski definition) is 3. The smallest absolute Gasteiger partial charge is 0.394 e. The summed E-state index contributed by atoms with van der Waals surface area (Å²) in [7, 11) is -4.49. The Bertz CT molecular complexity index is 920. The molecule has 0 heterocycles. The molecule has 0 aliphatic heterocycles. The quantitative estimate of drug-likeness (QED) is 0.0239. The molecule has 10 heteroatoms. The lowest BCUT2D eigenvalue weighted by Gasteiger charge is -2.36. The van der Waals surface area contributed by atoms with E-state index in [-0.39, 0.29) is 32.6 Å². The van der Waals surface area contributed by atoms with Gasteiger partial charge in [0.25, 0.3) is 0 Å². The summed E-state index contributed by atoms with van der Waals surface area (Å²) >= 11 is 0. The van der Waals surface area contributed by atoms with Crippen LogP contribution in [0.25, 0.3) is 0 Å². The molecule has 2 atom stereocenters. The number of aliphatic hydroxyl groups is 2. The van der Waals surface area contributed by atoms with Gasteiger partial charge in [-0.15, -0.1) is 0 Å². The number of allylic oxidation sites excluding steroid dienone is 4. The van der Waals surface area contributed by atoms with Crippen LogP contribution in [-0.4, -0.2) is 59.8 Å². The van der Waals surface area contributed by atoms with Crippen molar-refractivity contribution in [2.75, 3.05) is 26.4 Å². The first-order valence-corrected chi connectivity index (χ1v) is 23.2. The maximum Gasteiger partial charge on any atom is 0.476 e. The molecule has 9 nitrogen and oxygen atoms in total. The van der Waals surface area contributed by atoms with Crippen molar-refractivity contribution in [1.29, 1.82) is 0 Å². The Balaban J connectivity index is 5.03. The number of hydrogen-bond acceptors (Lipinski definition) is 9. The van der Waals surface area contributed by atoms with Gasteiger partial charge in [-0.25, -0.2) is 4.57 Å². The summed E-state index contributed by atoms with van der Waals surface area (Å²) in [5, 5.41) is 21.1. The van der Waals surface area contributed by atoms with Gasteiger partial charge in [0.1, 0.15) is 6.10 Å². The number of carbonyl (C=O) groups excluding carboxylic acids is 2. The number of phosphoric acid groups is 1. The number of carbonyl (C=O) groups is 2. The highest BCUT2D eigenvalue weighted by molar-refractivity contribution is 7.48. The molecule has 0 saturated heterocycles. The van der Waals surface area contributed by atoms with Crippen LogP contribution in [0.2, 0.25) is 0 Å². The minimum absolute atomic E-state index is 0.00169. The summed E-state index contributed by atoms with van der Waals surface area (Å²) in [6.07, 6.45) is 35.6. The van der Waals surface area contributed by atoms with Gasteiger partial charge in [-0.05, 0) is 71.1 Å². The van der Waals surface area contributed by atoms with E-state index < -0.39 is 37.7 Å². The standard InChI is InChI=1S/C43H82NO8P/c1-4-7-9-11-13-15-17-19-21-23-25-27-29-31-33-35-40(46)43(42(48)39-45,52-53(49,50-6-3)51-38-37-44)41(47)36-34-32-30-28-26-24-22-20-18-16-14-12-10-8-5-2/h19-22,42,45,48H,4-18,23-39,44H2,1-3H3/b21-19-,22-20-/t42-,53?/m0/s1. The van der Waals surface area contributed by atoms with Crippen LogP contribution < -0.4 is 5.73 Å². The first-order valence-electron chi connectivity index (χ1n) is 21.7. The number of unbranched alkanes of at least 4 members (excludes halogenated alkanes) is 22. The number of Topliss-reactive ketones (excluding diaryl/α,β-unsaturated/α-hetero) is 2. The second kappa shape index (κ2) is 36.4. The predicted molar refractivity (Wildman–Crippen MR) is 220 cm³/mol. The third-order valence-corrected chi connectivity index (χ3v) is 11.3. The number of ketones is 2. The van der Waals surface area contributed by atoms with Crippen LogP contribution >= 0.6 is 7.82 Å². The lowest BCUT2D eigenvalue weighted by atomic mass is 9.82. The molecule has 1 unspecified atom stereocenters. The molecule has 0 radical (unpaired) electrons. The third-order valence-electron chi connectivity index (χ3n) is 9.71. The predicted octanol–water partition coefficient (Wildman–Crippen LogP) is 11.4. The minimum Gasteiger partial charge on any atom is -0.394 e. The SMILES string of the molecule is CCCCCCCC/C=C\CCCCCCCC(=O)C(OP(=O)(OCC)OCCN)(C(=O)CCCCCCC/C=C\CCCCCCCC)[C@@H](O)CO. The fraction of sp³-hybridized carbons (Fsp3) is 0.860. The normalized spacial score (nSPS) is 14.0. The van der Waals surface area contributed by atoms with E-state index in [4.69, 9.17) is 19.3 Å². The molecule has 0 aliphatic carbocycles. The summed E-state index contributed by atoms with van der Waals surface area (Å²) in [5.41, 5.74) is 2.99. The van der Waals surface area contributed by atoms with E-state index >= 15 is 0 Å². The number of rotatable bonds is 41. The first kappa shape index (κ1) is 51.8. The molecule has 0 amide bonds. The van der Waals surface area contributed by atoms with Crippen molar-refractivity contribution >= 4 is 19.4 Å². The molecule has 0 spiro atoms. The second-order valence-electron chi connectivity index (χ2n) is 14.5. The molecule has 4 N–H and O–H groups in total. The molecular weight excluding hydrogens is 689 g/mol. The van der Waals surface area contributed by atoms with Crippen LogP contribution in [0.15, 0.2) is 24.3 Å². The van der Waals surface area contributed by atoms with Crippen LogP contribution in [0.5, 0.6) is 0 Å². The summed E-state index contributed by atoms with van der Waals surface area (Å²) in [6.45, 7) is 4.84. The molecule has 0 saturated carbocycles. The molecule has 0 aromatic carbocycles. The maximum absolute atomic E-state index is 13.9. The van der Waals surface area contributed by atoms with Crippen LogP contribution in [-0.2, 0) is 27.7 Å². The molecular formula is C43H82NO8P. The van der Waals surface area contributed by atoms with Gasteiger partial charge in [0, 0.05) is 19.4 Å². The molecule has 312 valence electrons. The number of nitrogens with two attached hydrogens (primary N) is 1. The van der Waals surface area contributed by atoms with E-state index in [1.54, 1.807) is 6.92 Å². The third kappa shape index (κ3) is 26.3. The van der Waals surface area contributed by atoms with Gasteiger partial charge in [0.15, 0.2) is 11.6 Å². The van der Waals surface area contributed by atoms with Crippen molar-refractivity contribution in [2.45, 2.75) is 212 Å². The lowest BCUT2D eigenvalue weighted by Crippen LogP contribution is -2.58. The average molecular weight is 772 g/mol.